The molecule has 4 aromatic heterocycles. The molecular formula is C25H30N10O4S4. The Morgan fingerprint density at radius 1 is 0.837 bits per heavy atom. The van der Waals surface area contributed by atoms with E-state index in [0.717, 1.165) is 35.7 Å². The molecule has 14 nitrogen and oxygen atoms in total. The lowest BCUT2D eigenvalue weighted by molar-refractivity contribution is -0.116. The van der Waals surface area contributed by atoms with Gasteiger partial charge in [0.25, 0.3) is 0 Å². The fraction of sp³-hybridized carbons (Fsp3) is 0.480. The number of carbonyl (C=O) groups is 3. The van der Waals surface area contributed by atoms with Gasteiger partial charge in [-0.05, 0) is 40.0 Å². The molecule has 18 heteroatoms. The van der Waals surface area contributed by atoms with Gasteiger partial charge in [0, 0.05) is 22.6 Å². The molecule has 0 saturated heterocycles. The first-order valence-corrected chi connectivity index (χ1v) is 16.8. The van der Waals surface area contributed by atoms with Crippen molar-refractivity contribution in [2.24, 2.45) is 0 Å². The summed E-state index contributed by atoms with van der Waals surface area (Å²) in [5.41, 5.74) is 6.16. The minimum atomic E-state index is -0.622. The van der Waals surface area contributed by atoms with E-state index in [0.29, 0.717) is 31.9 Å². The molecule has 4 aromatic rings. The van der Waals surface area contributed by atoms with E-state index in [1.807, 2.05) is 0 Å². The fourth-order valence-electron chi connectivity index (χ4n) is 4.43. The summed E-state index contributed by atoms with van der Waals surface area (Å²) < 4.78 is 5.23. The van der Waals surface area contributed by atoms with Gasteiger partial charge < -0.3 is 21.1 Å². The van der Waals surface area contributed by atoms with Crippen LogP contribution in [0.4, 0.5) is 25.3 Å². The highest BCUT2D eigenvalue weighted by Crippen LogP contribution is 2.43. The number of nitrogens with one attached hydrogen (secondary N) is 3. The van der Waals surface area contributed by atoms with E-state index in [9.17, 15) is 14.4 Å². The van der Waals surface area contributed by atoms with Crippen molar-refractivity contribution >= 4 is 83.8 Å². The maximum absolute atomic E-state index is 12.6. The second-order valence-corrected chi connectivity index (χ2v) is 14.6. The van der Waals surface area contributed by atoms with Gasteiger partial charge in [-0.3, -0.25) is 14.9 Å². The van der Waals surface area contributed by atoms with E-state index in [1.54, 1.807) is 31.5 Å². The summed E-state index contributed by atoms with van der Waals surface area (Å²) in [5, 5.41) is 32.1. The van der Waals surface area contributed by atoms with E-state index < -0.39 is 11.7 Å². The lowest BCUT2D eigenvalue weighted by atomic mass is 9.82. The molecule has 1 saturated carbocycles. The minimum absolute atomic E-state index is 0.0284. The Balaban J connectivity index is 1.10. The molecule has 0 spiro atoms. The molecule has 1 aliphatic rings. The van der Waals surface area contributed by atoms with Gasteiger partial charge >= 0.3 is 6.09 Å². The average molecular weight is 663 g/mol. The van der Waals surface area contributed by atoms with Crippen molar-refractivity contribution in [2.45, 2.75) is 76.7 Å². The molecule has 4 heterocycles. The number of carbonyl (C=O) groups excluding carboxylic acids is 3. The summed E-state index contributed by atoms with van der Waals surface area (Å²) in [4.78, 5) is 45.3. The highest BCUT2D eigenvalue weighted by molar-refractivity contribution is 7.16. The van der Waals surface area contributed by atoms with Crippen LogP contribution in [0.3, 0.4) is 0 Å². The molecule has 2 atom stereocenters. The van der Waals surface area contributed by atoms with Gasteiger partial charge in [0.15, 0.2) is 10.3 Å². The third kappa shape index (κ3) is 8.94. The minimum Gasteiger partial charge on any atom is -0.444 e. The number of amides is 3. The third-order valence-corrected chi connectivity index (χ3v) is 9.69. The number of nitrogens with zero attached hydrogens (tertiary/aromatic N) is 6. The van der Waals surface area contributed by atoms with Gasteiger partial charge in [-0.15, -0.1) is 43.1 Å². The van der Waals surface area contributed by atoms with Crippen LogP contribution in [0.15, 0.2) is 10.8 Å². The van der Waals surface area contributed by atoms with Crippen LogP contribution in [0, 0.1) is 0 Å². The van der Waals surface area contributed by atoms with E-state index in [-0.39, 0.29) is 36.5 Å². The molecule has 0 aliphatic heterocycles. The number of anilines is 4. The van der Waals surface area contributed by atoms with Crippen molar-refractivity contribution in [1.82, 2.24) is 30.4 Å². The Hall–Kier alpha value is -3.61. The predicted octanol–water partition coefficient (Wildman–Crippen LogP) is 5.04. The third-order valence-electron chi connectivity index (χ3n) is 6.16. The van der Waals surface area contributed by atoms with Crippen LogP contribution in [0.2, 0.25) is 0 Å². The van der Waals surface area contributed by atoms with Gasteiger partial charge in [-0.2, -0.15) is 0 Å². The highest BCUT2D eigenvalue weighted by Gasteiger charge is 2.29. The molecule has 5 rings (SSSR count). The summed E-state index contributed by atoms with van der Waals surface area (Å²) >= 11 is 5.25. The number of nitrogen functional groups attached to an aromatic ring is 1. The number of hydrogen-bond donors (Lipinski definition) is 4. The van der Waals surface area contributed by atoms with Crippen LogP contribution in [0.5, 0.6) is 0 Å². The number of nitrogens with two attached hydrogens (primary N) is 1. The maximum Gasteiger partial charge on any atom is 0.413 e. The number of aromatic nitrogens is 6. The Morgan fingerprint density at radius 2 is 1.40 bits per heavy atom. The van der Waals surface area contributed by atoms with Crippen LogP contribution in [0.25, 0.3) is 0 Å². The lowest BCUT2D eigenvalue weighted by Gasteiger charge is -2.25. The molecule has 1 fully saturated rings. The van der Waals surface area contributed by atoms with E-state index in [1.165, 1.54) is 45.3 Å². The molecule has 1 aliphatic carbocycles. The number of ether oxygens (including phenoxy) is 1. The number of hydrogen-bond acceptors (Lipinski definition) is 15. The summed E-state index contributed by atoms with van der Waals surface area (Å²) in [6, 6.07) is 0. The largest absolute Gasteiger partial charge is 0.444 e. The quantitative estimate of drug-likeness (QED) is 0.187. The van der Waals surface area contributed by atoms with Crippen LogP contribution in [-0.4, -0.2) is 53.9 Å². The zero-order chi connectivity index (χ0) is 30.6. The first-order valence-electron chi connectivity index (χ1n) is 13.4. The first-order chi connectivity index (χ1) is 20.5. The zero-order valence-corrected chi connectivity index (χ0v) is 26.8. The number of thiazole rings is 2. The summed E-state index contributed by atoms with van der Waals surface area (Å²) in [5.74, 6) is -0.125. The van der Waals surface area contributed by atoms with Crippen molar-refractivity contribution in [3.8, 4) is 0 Å². The van der Waals surface area contributed by atoms with Crippen LogP contribution >= 0.6 is 45.3 Å². The Bertz CT molecular complexity index is 1590. The maximum atomic E-state index is 12.6. The fourth-order valence-corrected chi connectivity index (χ4v) is 7.51. The first kappa shape index (κ1) is 30.8. The van der Waals surface area contributed by atoms with Crippen LogP contribution < -0.4 is 21.7 Å². The highest BCUT2D eigenvalue weighted by atomic mass is 32.1. The molecule has 3 amide bonds. The van der Waals surface area contributed by atoms with Crippen LogP contribution in [-0.2, 0) is 27.2 Å². The number of rotatable bonds is 9. The van der Waals surface area contributed by atoms with E-state index in [2.05, 4.69) is 46.3 Å². The summed E-state index contributed by atoms with van der Waals surface area (Å²) in [6.45, 7) is 5.32. The predicted molar refractivity (Wildman–Crippen MR) is 167 cm³/mol. The molecular weight excluding hydrogens is 633 g/mol. The second kappa shape index (κ2) is 13.4. The Labute approximate surface area is 262 Å². The Morgan fingerprint density at radius 3 is 1.93 bits per heavy atom. The zero-order valence-electron chi connectivity index (χ0n) is 23.6. The van der Waals surface area contributed by atoms with Gasteiger partial charge in [-0.25, -0.2) is 14.8 Å². The van der Waals surface area contributed by atoms with Crippen molar-refractivity contribution in [2.75, 3.05) is 21.7 Å². The van der Waals surface area contributed by atoms with E-state index >= 15 is 0 Å². The normalized spacial score (nSPS) is 16.9. The molecule has 228 valence electrons. The standard InChI is InChI=1S/C25H30N10O4S4/c1-25(2,3)39-24(38)31-21-28-15(11-41-21)9-17(37)30-23-35-33-19(43-23)13-6-4-5-12(7-13)18-32-34-22(42-18)29-16(36)8-14-10-40-20(26)27-14/h10-13H,4-9H2,1-3H3,(H2,26,27)(H,28,31,38)(H,29,34,36)(H,30,35,37)/t12-,13-/m0/s1. The van der Waals surface area contributed by atoms with Crippen LogP contribution in [0.1, 0.15) is 79.7 Å². The summed E-state index contributed by atoms with van der Waals surface area (Å²) in [7, 11) is 0. The SMILES string of the molecule is CC(C)(C)OC(=O)Nc1nc(CC(=O)Nc2nnc([C@H]3CCC[C@H](c4nnc(NC(=O)Cc5csc(N)n5)s4)C3)s2)cs1. The molecule has 0 radical (unpaired) electrons. The summed E-state index contributed by atoms with van der Waals surface area (Å²) in [6.07, 6.45) is 3.31. The molecule has 0 unspecified atom stereocenters. The second-order valence-electron chi connectivity index (χ2n) is 10.8. The topological polar surface area (TPSA) is 200 Å². The molecule has 43 heavy (non-hydrogen) atoms. The van der Waals surface area contributed by atoms with Crippen molar-refractivity contribution in [1.29, 1.82) is 0 Å². The average Bonchev–Trinajstić information content (AvgIpc) is 3.73. The van der Waals surface area contributed by atoms with Crippen molar-refractivity contribution in [3.63, 3.8) is 0 Å². The smallest absolute Gasteiger partial charge is 0.413 e. The van der Waals surface area contributed by atoms with Crippen molar-refractivity contribution < 1.29 is 19.1 Å². The Kier molecular flexibility index (Phi) is 9.58. The van der Waals surface area contributed by atoms with Gasteiger partial charge in [-0.1, -0.05) is 29.1 Å². The molecule has 0 bridgehead atoms. The monoisotopic (exact) mass is 662 g/mol. The van der Waals surface area contributed by atoms with Gasteiger partial charge in [0.2, 0.25) is 22.1 Å². The van der Waals surface area contributed by atoms with E-state index in [4.69, 9.17) is 10.5 Å². The van der Waals surface area contributed by atoms with Gasteiger partial charge in [0.05, 0.1) is 24.2 Å². The van der Waals surface area contributed by atoms with Gasteiger partial charge in [0.1, 0.15) is 15.6 Å². The molecule has 0 aromatic carbocycles. The van der Waals surface area contributed by atoms with Crippen molar-refractivity contribution in [3.05, 3.63) is 32.2 Å². The molecule has 5 N–H and O–H groups in total. The lowest BCUT2D eigenvalue weighted by Crippen LogP contribution is -2.27.